The summed E-state index contributed by atoms with van der Waals surface area (Å²) in [5.41, 5.74) is 0.330. The lowest BCUT2D eigenvalue weighted by Gasteiger charge is -2.26. The average molecular weight is 407 g/mol. The Kier molecular flexibility index (Phi) is 4.41. The van der Waals surface area contributed by atoms with Crippen molar-refractivity contribution >= 4 is 34.3 Å². The second kappa shape index (κ2) is 6.51. The second-order valence-corrected chi connectivity index (χ2v) is 8.15. The molecule has 1 aliphatic rings. The maximum atomic E-state index is 13.4. The van der Waals surface area contributed by atoms with Gasteiger partial charge in [-0.25, -0.2) is 9.18 Å². The van der Waals surface area contributed by atoms with Gasteiger partial charge in [0.05, 0.1) is 28.1 Å². The van der Waals surface area contributed by atoms with Crippen molar-refractivity contribution in [1.82, 2.24) is 9.55 Å². The minimum Gasteiger partial charge on any atom is -0.376 e. The van der Waals surface area contributed by atoms with Crippen LogP contribution in [0.1, 0.15) is 6.92 Å². The van der Waals surface area contributed by atoms with Gasteiger partial charge in [-0.1, -0.05) is 23.7 Å². The molecule has 2 aromatic carbocycles. The zero-order valence-corrected chi connectivity index (χ0v) is 16.2. The van der Waals surface area contributed by atoms with Crippen LogP contribution in [0.5, 0.6) is 0 Å². The van der Waals surface area contributed by atoms with Crippen molar-refractivity contribution in [1.29, 1.82) is 0 Å². The minimum atomic E-state index is -0.606. The maximum absolute atomic E-state index is 13.4. The molecule has 0 bridgehead atoms. The number of H-pyrrole nitrogens is 1. The van der Waals surface area contributed by atoms with Crippen LogP contribution in [-0.4, -0.2) is 28.0 Å². The molecule has 27 heavy (non-hydrogen) atoms. The average Bonchev–Trinajstić information content (AvgIpc) is 2.79. The highest BCUT2D eigenvalue weighted by molar-refractivity contribution is 7.99. The first kappa shape index (κ1) is 18.3. The van der Waals surface area contributed by atoms with Crippen molar-refractivity contribution in [2.45, 2.75) is 24.0 Å². The molecular weight excluding hydrogens is 391 g/mol. The molecule has 0 amide bonds. The summed E-state index contributed by atoms with van der Waals surface area (Å²) in [6.07, 6.45) is 0. The van der Waals surface area contributed by atoms with Gasteiger partial charge in [0.25, 0.3) is 5.56 Å². The van der Waals surface area contributed by atoms with Gasteiger partial charge in [0, 0.05) is 23.3 Å². The molecule has 0 aliphatic carbocycles. The number of aromatic amines is 1. The summed E-state index contributed by atoms with van der Waals surface area (Å²) in [5.74, 6) is 0.206. The number of hydrogen-bond donors (Lipinski definition) is 1. The van der Waals surface area contributed by atoms with Gasteiger partial charge in [-0.15, -0.1) is 11.8 Å². The molecule has 2 heterocycles. The number of thioether (sulfide) groups is 1. The SMILES string of the molecule is CO[C@@]1(C)CSc2c(-c3ccc(F)cc3)c(Cl)cc3c(=O)[nH]c(=O)n(c23)C1. The largest absolute Gasteiger partial charge is 0.376 e. The summed E-state index contributed by atoms with van der Waals surface area (Å²) in [4.78, 5) is 28.1. The van der Waals surface area contributed by atoms with Crippen LogP contribution in [0.4, 0.5) is 4.39 Å². The quantitative estimate of drug-likeness (QED) is 0.705. The molecule has 1 aromatic heterocycles. The molecule has 0 unspecified atom stereocenters. The number of nitrogens with one attached hydrogen (secondary N) is 1. The zero-order valence-electron chi connectivity index (χ0n) is 14.6. The van der Waals surface area contributed by atoms with Crippen LogP contribution in [0.2, 0.25) is 5.02 Å². The fourth-order valence-electron chi connectivity index (χ4n) is 3.30. The van der Waals surface area contributed by atoms with Gasteiger partial charge in [0.2, 0.25) is 0 Å². The van der Waals surface area contributed by atoms with E-state index in [1.54, 1.807) is 25.3 Å². The van der Waals surface area contributed by atoms with E-state index in [0.29, 0.717) is 44.2 Å². The highest BCUT2D eigenvalue weighted by Crippen LogP contribution is 2.44. The number of benzene rings is 2. The smallest absolute Gasteiger partial charge is 0.328 e. The second-order valence-electron chi connectivity index (χ2n) is 6.75. The standard InChI is InChI=1S/C19H16ClFN2O3S/c1-19(26-2)8-23-15-12(17(24)22-18(23)25)7-13(20)14(16(15)27-9-19)10-3-5-11(21)6-4-10/h3-7H,8-9H2,1-2H3,(H,22,24,25)/t19-/m1/s1. The Labute approximate surface area is 163 Å². The Balaban J connectivity index is 2.13. The van der Waals surface area contributed by atoms with Crippen molar-refractivity contribution in [3.63, 3.8) is 0 Å². The molecule has 8 heteroatoms. The number of methoxy groups -OCH3 is 1. The third kappa shape index (κ3) is 2.99. The lowest BCUT2D eigenvalue weighted by Crippen LogP contribution is -2.40. The molecule has 0 fully saturated rings. The molecule has 0 saturated heterocycles. The lowest BCUT2D eigenvalue weighted by molar-refractivity contribution is 0.0129. The maximum Gasteiger partial charge on any atom is 0.328 e. The molecule has 1 aliphatic heterocycles. The van der Waals surface area contributed by atoms with E-state index in [0.717, 1.165) is 0 Å². The van der Waals surface area contributed by atoms with Gasteiger partial charge in [-0.05, 0) is 30.7 Å². The normalized spacial score (nSPS) is 19.3. The summed E-state index contributed by atoms with van der Waals surface area (Å²) in [6.45, 7) is 2.20. The van der Waals surface area contributed by atoms with Crippen molar-refractivity contribution in [2.24, 2.45) is 0 Å². The third-order valence-corrected chi connectivity index (χ3v) is 6.57. The van der Waals surface area contributed by atoms with Gasteiger partial charge >= 0.3 is 5.69 Å². The predicted molar refractivity (Wildman–Crippen MR) is 105 cm³/mol. The Hall–Kier alpha value is -2.09. The van der Waals surface area contributed by atoms with Crippen LogP contribution < -0.4 is 11.2 Å². The van der Waals surface area contributed by atoms with Gasteiger partial charge < -0.3 is 4.74 Å². The number of ether oxygens (including phenoxy) is 1. The van der Waals surface area contributed by atoms with E-state index in [4.69, 9.17) is 16.3 Å². The first-order valence-electron chi connectivity index (χ1n) is 8.26. The number of nitrogens with zero attached hydrogens (tertiary/aromatic N) is 1. The molecule has 140 valence electrons. The molecule has 1 N–H and O–H groups in total. The van der Waals surface area contributed by atoms with Crippen LogP contribution in [0.25, 0.3) is 22.0 Å². The van der Waals surface area contributed by atoms with Crippen LogP contribution in [0.15, 0.2) is 44.8 Å². The molecule has 0 spiro atoms. The first-order chi connectivity index (χ1) is 12.8. The van der Waals surface area contributed by atoms with E-state index in [-0.39, 0.29) is 5.82 Å². The number of rotatable bonds is 2. The van der Waals surface area contributed by atoms with Crippen molar-refractivity contribution in [2.75, 3.05) is 12.9 Å². The molecule has 5 nitrogen and oxygen atoms in total. The zero-order chi connectivity index (χ0) is 19.3. The Morgan fingerprint density at radius 2 is 2.00 bits per heavy atom. The van der Waals surface area contributed by atoms with Crippen LogP contribution in [-0.2, 0) is 11.3 Å². The summed E-state index contributed by atoms with van der Waals surface area (Å²) in [7, 11) is 1.60. The number of hydrogen-bond acceptors (Lipinski definition) is 4. The van der Waals surface area contributed by atoms with Crippen LogP contribution in [0.3, 0.4) is 0 Å². The molecule has 4 rings (SSSR count). The molecule has 1 atom stereocenters. The highest BCUT2D eigenvalue weighted by Gasteiger charge is 2.32. The molecule has 0 radical (unpaired) electrons. The van der Waals surface area contributed by atoms with Crippen molar-refractivity contribution in [3.05, 3.63) is 62.0 Å². The lowest BCUT2D eigenvalue weighted by atomic mass is 10.0. The predicted octanol–water partition coefficient (Wildman–Crippen LogP) is 3.66. The van der Waals surface area contributed by atoms with Crippen LogP contribution >= 0.6 is 23.4 Å². The van der Waals surface area contributed by atoms with Gasteiger partial charge in [0.15, 0.2) is 0 Å². The Bertz CT molecular complexity index is 1170. The van der Waals surface area contributed by atoms with Gasteiger partial charge in [-0.3, -0.25) is 14.3 Å². The first-order valence-corrected chi connectivity index (χ1v) is 9.62. The van der Waals surface area contributed by atoms with Gasteiger partial charge in [0.1, 0.15) is 5.82 Å². The fraction of sp³-hybridized carbons (Fsp3) is 0.263. The summed E-state index contributed by atoms with van der Waals surface area (Å²) >= 11 is 8.00. The van der Waals surface area contributed by atoms with E-state index in [1.807, 2.05) is 6.92 Å². The van der Waals surface area contributed by atoms with Crippen molar-refractivity contribution in [3.8, 4) is 11.1 Å². The van der Waals surface area contributed by atoms with E-state index in [1.165, 1.54) is 28.5 Å². The Morgan fingerprint density at radius 3 is 2.67 bits per heavy atom. The van der Waals surface area contributed by atoms with E-state index in [2.05, 4.69) is 4.98 Å². The molecular formula is C19H16ClFN2O3S. The van der Waals surface area contributed by atoms with Crippen molar-refractivity contribution < 1.29 is 9.13 Å². The van der Waals surface area contributed by atoms with E-state index >= 15 is 0 Å². The summed E-state index contributed by atoms with van der Waals surface area (Å²) in [5, 5.41) is 0.710. The monoisotopic (exact) mass is 406 g/mol. The summed E-state index contributed by atoms with van der Waals surface area (Å²) in [6, 6.07) is 7.54. The summed E-state index contributed by atoms with van der Waals surface area (Å²) < 4.78 is 20.6. The number of halogens is 2. The third-order valence-electron chi connectivity index (χ3n) is 4.83. The fourth-order valence-corrected chi connectivity index (χ4v) is 5.05. The minimum absolute atomic E-state index is 0.292. The van der Waals surface area contributed by atoms with E-state index < -0.39 is 16.9 Å². The topological polar surface area (TPSA) is 64.1 Å². The van der Waals surface area contributed by atoms with E-state index in [9.17, 15) is 14.0 Å². The molecule has 3 aromatic rings. The van der Waals surface area contributed by atoms with Gasteiger partial charge in [-0.2, -0.15) is 0 Å². The highest BCUT2D eigenvalue weighted by atomic mass is 35.5. The number of aromatic nitrogens is 2. The molecule has 0 saturated carbocycles. The van der Waals surface area contributed by atoms with Crippen LogP contribution in [0, 0.1) is 5.82 Å². The Morgan fingerprint density at radius 1 is 1.30 bits per heavy atom.